The lowest BCUT2D eigenvalue weighted by molar-refractivity contribution is 0.102. The van der Waals surface area contributed by atoms with Crippen LogP contribution in [0.1, 0.15) is 93.8 Å². The third-order valence-corrected chi connectivity index (χ3v) is 8.25. The zero-order valence-electron chi connectivity index (χ0n) is 21.3. The van der Waals surface area contributed by atoms with Crippen LogP contribution in [0, 0.1) is 0 Å². The number of aromatic nitrogens is 3. The van der Waals surface area contributed by atoms with Crippen molar-refractivity contribution >= 4 is 28.9 Å². The predicted molar refractivity (Wildman–Crippen MR) is 142 cm³/mol. The number of nitrogens with two attached hydrogens (primary N) is 1. The Morgan fingerprint density at radius 2 is 1.67 bits per heavy atom. The Morgan fingerprint density at radius 1 is 1.03 bits per heavy atom. The van der Waals surface area contributed by atoms with Gasteiger partial charge in [0.05, 0.1) is 29.7 Å². The van der Waals surface area contributed by atoms with Gasteiger partial charge in [0.15, 0.2) is 5.82 Å². The molecule has 4 N–H and O–H groups in total. The van der Waals surface area contributed by atoms with E-state index in [1.807, 2.05) is 6.07 Å². The van der Waals surface area contributed by atoms with E-state index in [4.69, 9.17) is 5.73 Å². The molecule has 3 aliphatic rings. The number of rotatable bonds is 3. The molecule has 4 heterocycles. The number of nitrogens with zero attached hydrogens (tertiary/aromatic N) is 4. The minimum Gasteiger partial charge on any atom is -0.381 e. The molecule has 9 heteroatoms. The van der Waals surface area contributed by atoms with Crippen LogP contribution in [-0.2, 0) is 6.54 Å². The molecule has 196 valence electrons. The number of halogens is 1. The van der Waals surface area contributed by atoms with E-state index in [1.165, 1.54) is 36.8 Å². The van der Waals surface area contributed by atoms with Crippen LogP contribution in [0.15, 0.2) is 18.5 Å². The van der Waals surface area contributed by atoms with Gasteiger partial charge in [-0.1, -0.05) is 57.8 Å². The van der Waals surface area contributed by atoms with Gasteiger partial charge >= 0.3 is 0 Å². The Bertz CT molecular complexity index is 1040. The van der Waals surface area contributed by atoms with Gasteiger partial charge in [-0.15, -0.1) is 0 Å². The molecule has 1 amide bonds. The first-order chi connectivity index (χ1) is 17.6. The number of anilines is 4. The second-order valence-electron chi connectivity index (χ2n) is 10.8. The number of carbonyl (C=O) groups is 1. The van der Waals surface area contributed by atoms with Crippen LogP contribution in [0.4, 0.5) is 27.4 Å². The summed E-state index contributed by atoms with van der Waals surface area (Å²) in [6, 6.07) is 1.96. The Hall–Kier alpha value is -2.84. The number of nitrogen functional groups attached to an aromatic ring is 1. The number of pyridine rings is 1. The van der Waals surface area contributed by atoms with Gasteiger partial charge < -0.3 is 21.3 Å². The average molecular weight is 498 g/mol. The molecule has 1 saturated heterocycles. The van der Waals surface area contributed by atoms with Gasteiger partial charge in [0.25, 0.3) is 5.91 Å². The average Bonchev–Trinajstić information content (AvgIpc) is 3.02. The topological polar surface area (TPSA) is 101 Å². The highest BCUT2D eigenvalue weighted by molar-refractivity contribution is 6.12. The van der Waals surface area contributed by atoms with Gasteiger partial charge in [0.2, 0.25) is 0 Å². The minimum absolute atomic E-state index is 0.117. The molecule has 8 nitrogen and oxygen atoms in total. The third kappa shape index (κ3) is 5.15. The summed E-state index contributed by atoms with van der Waals surface area (Å²) >= 11 is 0. The highest BCUT2D eigenvalue weighted by atomic mass is 19.1. The second-order valence-corrected chi connectivity index (χ2v) is 10.8. The molecule has 2 aromatic rings. The second kappa shape index (κ2) is 11.0. The van der Waals surface area contributed by atoms with E-state index >= 15 is 4.39 Å². The van der Waals surface area contributed by atoms with E-state index in [0.29, 0.717) is 17.1 Å². The number of carbonyl (C=O) groups excluding carboxylic acids is 1. The Balaban J connectivity index is 1.40. The largest absolute Gasteiger partial charge is 0.381 e. The van der Waals surface area contributed by atoms with Crippen molar-refractivity contribution < 1.29 is 9.18 Å². The van der Waals surface area contributed by atoms with Crippen molar-refractivity contribution in [1.82, 2.24) is 14.8 Å². The number of alkyl halides is 1. The number of amides is 1. The highest BCUT2D eigenvalue weighted by Crippen LogP contribution is 2.40. The lowest BCUT2D eigenvalue weighted by Crippen LogP contribution is -2.53. The fourth-order valence-corrected chi connectivity index (χ4v) is 6.19. The highest BCUT2D eigenvalue weighted by Gasteiger charge is 2.45. The van der Waals surface area contributed by atoms with Crippen LogP contribution in [0.25, 0.3) is 0 Å². The van der Waals surface area contributed by atoms with Crippen molar-refractivity contribution in [2.75, 3.05) is 34.4 Å². The molecule has 36 heavy (non-hydrogen) atoms. The Kier molecular flexibility index (Phi) is 7.62. The summed E-state index contributed by atoms with van der Waals surface area (Å²) in [4.78, 5) is 20.2. The van der Waals surface area contributed by atoms with Crippen LogP contribution < -0.4 is 21.3 Å². The number of nitrogens with one attached hydrogen (secondary N) is 2. The van der Waals surface area contributed by atoms with Gasteiger partial charge in [-0.25, -0.2) is 9.07 Å². The molecule has 1 unspecified atom stereocenters. The van der Waals surface area contributed by atoms with Crippen LogP contribution in [0.5, 0.6) is 0 Å². The molecule has 2 fully saturated rings. The van der Waals surface area contributed by atoms with Crippen molar-refractivity contribution in [3.05, 3.63) is 24.0 Å². The van der Waals surface area contributed by atoms with E-state index in [-0.39, 0.29) is 18.3 Å². The number of hydrogen-bond donors (Lipinski definition) is 3. The SMILES string of the molecule is Nc1nn2c(c1C(=O)Nc1cnccc1N1CCCCCC1)NC1(CCCCCCCCC1)C(F)C2. The van der Waals surface area contributed by atoms with Gasteiger partial charge in [-0.2, -0.15) is 5.10 Å². The van der Waals surface area contributed by atoms with Gasteiger partial charge in [0.1, 0.15) is 17.6 Å². The molecule has 5 rings (SSSR count). The molecular weight excluding hydrogens is 457 g/mol. The fraction of sp³-hybridized carbons (Fsp3) is 0.667. The summed E-state index contributed by atoms with van der Waals surface area (Å²) in [7, 11) is 0. The third-order valence-electron chi connectivity index (χ3n) is 8.25. The van der Waals surface area contributed by atoms with Crippen molar-refractivity contribution in [1.29, 1.82) is 0 Å². The quantitative estimate of drug-likeness (QED) is 0.516. The van der Waals surface area contributed by atoms with Crippen LogP contribution >= 0.6 is 0 Å². The summed E-state index contributed by atoms with van der Waals surface area (Å²) in [6.07, 6.45) is 16.5. The van der Waals surface area contributed by atoms with Crippen LogP contribution in [0.3, 0.4) is 0 Å². The lowest BCUT2D eigenvalue weighted by Gasteiger charge is -2.42. The van der Waals surface area contributed by atoms with E-state index in [2.05, 4.69) is 25.6 Å². The molecule has 2 aromatic heterocycles. The van der Waals surface area contributed by atoms with Gasteiger partial charge in [-0.05, 0) is 31.7 Å². The standard InChI is InChI=1S/C27H40FN7O/c28-22-19-35-25(32-27(22)13-8-4-2-1-3-5-9-14-27)23(24(29)33-35)26(36)31-20-18-30-15-12-21(20)34-16-10-6-7-11-17-34/h12,15,18,22,32H,1-11,13-14,16-17,19H2,(H2,29,33)(H,31,36). The molecule has 0 bridgehead atoms. The first-order valence-corrected chi connectivity index (χ1v) is 13.9. The van der Waals surface area contributed by atoms with Crippen molar-refractivity contribution in [2.45, 2.75) is 102 Å². The smallest absolute Gasteiger partial charge is 0.263 e. The summed E-state index contributed by atoms with van der Waals surface area (Å²) in [5, 5.41) is 10.9. The molecule has 1 spiro atoms. The van der Waals surface area contributed by atoms with Crippen molar-refractivity contribution in [2.24, 2.45) is 0 Å². The van der Waals surface area contributed by atoms with Crippen LogP contribution in [-0.4, -0.2) is 45.5 Å². The molecule has 1 saturated carbocycles. The minimum atomic E-state index is -1.08. The normalized spacial score (nSPS) is 22.8. The molecular formula is C27H40FN7O. The summed E-state index contributed by atoms with van der Waals surface area (Å²) < 4.78 is 17.2. The molecule has 2 aliphatic heterocycles. The number of hydrogen-bond acceptors (Lipinski definition) is 6. The summed E-state index contributed by atoms with van der Waals surface area (Å²) in [6.45, 7) is 2.03. The maximum absolute atomic E-state index is 15.7. The zero-order valence-corrected chi connectivity index (χ0v) is 21.3. The van der Waals surface area contributed by atoms with E-state index in [0.717, 1.165) is 70.1 Å². The van der Waals surface area contributed by atoms with Gasteiger partial charge in [0, 0.05) is 19.3 Å². The molecule has 0 aromatic carbocycles. The molecule has 0 radical (unpaired) electrons. The summed E-state index contributed by atoms with van der Waals surface area (Å²) in [5.74, 6) is 0.327. The first kappa shape index (κ1) is 24.8. The Labute approximate surface area is 213 Å². The van der Waals surface area contributed by atoms with Crippen molar-refractivity contribution in [3.8, 4) is 0 Å². The van der Waals surface area contributed by atoms with Crippen LogP contribution in [0.2, 0.25) is 0 Å². The number of fused-ring (bicyclic) bond motifs is 1. The predicted octanol–water partition coefficient (Wildman–Crippen LogP) is 5.52. The van der Waals surface area contributed by atoms with E-state index in [1.54, 1.807) is 12.4 Å². The fourth-order valence-electron chi connectivity index (χ4n) is 6.19. The summed E-state index contributed by atoms with van der Waals surface area (Å²) in [5.41, 5.74) is 7.51. The lowest BCUT2D eigenvalue weighted by atomic mass is 9.80. The zero-order chi connectivity index (χ0) is 25.0. The van der Waals surface area contributed by atoms with E-state index in [9.17, 15) is 4.79 Å². The first-order valence-electron chi connectivity index (χ1n) is 13.9. The monoisotopic (exact) mass is 497 g/mol. The van der Waals surface area contributed by atoms with Gasteiger partial charge in [-0.3, -0.25) is 9.78 Å². The van der Waals surface area contributed by atoms with E-state index < -0.39 is 11.7 Å². The molecule has 1 aliphatic carbocycles. The molecule has 1 atom stereocenters. The maximum Gasteiger partial charge on any atom is 0.263 e. The maximum atomic E-state index is 15.7. The van der Waals surface area contributed by atoms with Crippen molar-refractivity contribution in [3.63, 3.8) is 0 Å². The Morgan fingerprint density at radius 3 is 2.36 bits per heavy atom.